The summed E-state index contributed by atoms with van der Waals surface area (Å²) < 4.78 is 0. The zero-order chi connectivity index (χ0) is 10.4. The summed E-state index contributed by atoms with van der Waals surface area (Å²) in [7, 11) is 0. The van der Waals surface area contributed by atoms with E-state index in [4.69, 9.17) is 11.5 Å². The third-order valence-corrected chi connectivity index (χ3v) is 1.54. The third kappa shape index (κ3) is 5.21. The van der Waals surface area contributed by atoms with Crippen LogP contribution in [0.3, 0.4) is 0 Å². The van der Waals surface area contributed by atoms with Crippen molar-refractivity contribution in [2.75, 3.05) is 6.54 Å². The van der Waals surface area contributed by atoms with Gasteiger partial charge in [-0.15, -0.1) is 12.6 Å². The van der Waals surface area contributed by atoms with Crippen LogP contribution in [-0.2, 0) is 14.4 Å². The second kappa shape index (κ2) is 5.55. The molecule has 0 fully saturated rings. The summed E-state index contributed by atoms with van der Waals surface area (Å²) in [6, 6.07) is -0.989. The minimum absolute atomic E-state index is 0.254. The zero-order valence-electron chi connectivity index (χ0n) is 6.82. The summed E-state index contributed by atoms with van der Waals surface area (Å²) >= 11 is 3.48. The van der Waals surface area contributed by atoms with Crippen LogP contribution in [0.4, 0.5) is 0 Å². The Labute approximate surface area is 80.4 Å². The second-order valence-corrected chi connectivity index (χ2v) is 2.77. The molecule has 0 aliphatic rings. The monoisotopic (exact) mass is 205 g/mol. The van der Waals surface area contributed by atoms with Gasteiger partial charge >= 0.3 is 0 Å². The standard InChI is InChI=1S/C6H11N3O3S/c7-2-5(11)9-3(6(12)13)1-4(8)10/h3H,1-2,7H2,(H2,8,10)(H,9,11)(H,12,13)/t3-/m0/s1. The first-order valence-corrected chi connectivity index (χ1v) is 3.92. The molecule has 0 saturated carbocycles. The summed E-state index contributed by atoms with van der Waals surface area (Å²) in [6.07, 6.45) is -0.270. The van der Waals surface area contributed by atoms with Crippen molar-refractivity contribution in [1.82, 2.24) is 5.32 Å². The molecular formula is C6H11N3O3S. The SMILES string of the molecule is NCC(=O)N[C@@H](CC(N)=O)C(=O)S. The Hall–Kier alpha value is -1.08. The van der Waals surface area contributed by atoms with Crippen LogP contribution in [0, 0.1) is 0 Å². The predicted octanol–water partition coefficient (Wildman–Crippen LogP) is -2.24. The van der Waals surface area contributed by atoms with Crippen molar-refractivity contribution in [2.45, 2.75) is 12.5 Å². The van der Waals surface area contributed by atoms with Gasteiger partial charge in [-0.25, -0.2) is 0 Å². The van der Waals surface area contributed by atoms with Crippen LogP contribution in [0.5, 0.6) is 0 Å². The fourth-order valence-electron chi connectivity index (χ4n) is 0.655. The molecule has 0 rings (SSSR count). The van der Waals surface area contributed by atoms with Gasteiger partial charge in [0.05, 0.1) is 13.0 Å². The Balaban J connectivity index is 4.18. The molecule has 0 bridgehead atoms. The number of hydrogen-bond acceptors (Lipinski definition) is 4. The van der Waals surface area contributed by atoms with Gasteiger partial charge in [-0.3, -0.25) is 14.4 Å². The Kier molecular flexibility index (Phi) is 5.09. The van der Waals surface area contributed by atoms with Gasteiger partial charge in [-0.1, -0.05) is 0 Å². The Bertz CT molecular complexity index is 231. The smallest absolute Gasteiger partial charge is 0.234 e. The number of nitrogens with two attached hydrogens (primary N) is 2. The molecule has 0 unspecified atom stereocenters. The molecule has 0 aromatic heterocycles. The van der Waals surface area contributed by atoms with E-state index < -0.39 is 23.0 Å². The maximum Gasteiger partial charge on any atom is 0.234 e. The molecule has 2 amide bonds. The number of hydrogen-bond donors (Lipinski definition) is 4. The summed E-state index contributed by atoms with van der Waals surface area (Å²) in [5.41, 5.74) is 9.83. The summed E-state index contributed by atoms with van der Waals surface area (Å²) in [6.45, 7) is -0.254. The highest BCUT2D eigenvalue weighted by molar-refractivity contribution is 7.96. The highest BCUT2D eigenvalue weighted by Crippen LogP contribution is 1.96. The lowest BCUT2D eigenvalue weighted by atomic mass is 10.2. The zero-order valence-corrected chi connectivity index (χ0v) is 7.71. The van der Waals surface area contributed by atoms with E-state index in [0.717, 1.165) is 0 Å². The molecule has 0 radical (unpaired) electrons. The fourth-order valence-corrected chi connectivity index (χ4v) is 0.810. The predicted molar refractivity (Wildman–Crippen MR) is 48.8 cm³/mol. The van der Waals surface area contributed by atoms with Crippen LogP contribution in [0.25, 0.3) is 0 Å². The number of primary amides is 1. The first kappa shape index (κ1) is 11.9. The lowest BCUT2D eigenvalue weighted by Crippen LogP contribution is -2.44. The van der Waals surface area contributed by atoms with E-state index in [1.54, 1.807) is 0 Å². The molecule has 7 heteroatoms. The van der Waals surface area contributed by atoms with Crippen LogP contribution < -0.4 is 16.8 Å². The average molecular weight is 205 g/mol. The van der Waals surface area contributed by atoms with Crippen molar-refractivity contribution in [3.63, 3.8) is 0 Å². The van der Waals surface area contributed by atoms with Crippen LogP contribution in [0.15, 0.2) is 0 Å². The summed E-state index contributed by atoms with van der Waals surface area (Å²) in [5.74, 6) is -1.22. The topological polar surface area (TPSA) is 115 Å². The molecule has 74 valence electrons. The molecule has 0 spiro atoms. The largest absolute Gasteiger partial charge is 0.370 e. The van der Waals surface area contributed by atoms with E-state index in [-0.39, 0.29) is 13.0 Å². The van der Waals surface area contributed by atoms with Gasteiger partial charge in [-0.2, -0.15) is 0 Å². The van der Waals surface area contributed by atoms with E-state index >= 15 is 0 Å². The molecule has 5 N–H and O–H groups in total. The summed E-state index contributed by atoms with van der Waals surface area (Å²) in [5, 5.41) is 1.58. The van der Waals surface area contributed by atoms with Crippen molar-refractivity contribution in [3.8, 4) is 0 Å². The van der Waals surface area contributed by atoms with Crippen molar-refractivity contribution >= 4 is 29.6 Å². The quantitative estimate of drug-likeness (QED) is 0.380. The van der Waals surface area contributed by atoms with Gasteiger partial charge in [0.15, 0.2) is 0 Å². The average Bonchev–Trinajstić information content (AvgIpc) is 2.02. The van der Waals surface area contributed by atoms with Crippen LogP contribution in [-0.4, -0.2) is 29.5 Å². The number of carbonyl (C=O) groups excluding carboxylic acids is 3. The number of carbonyl (C=O) groups is 3. The molecule has 0 aliphatic heterocycles. The highest BCUT2D eigenvalue weighted by Gasteiger charge is 2.19. The molecular weight excluding hydrogens is 194 g/mol. The van der Waals surface area contributed by atoms with E-state index in [2.05, 4.69) is 17.9 Å². The van der Waals surface area contributed by atoms with Gasteiger partial charge in [0.25, 0.3) is 0 Å². The number of amides is 2. The van der Waals surface area contributed by atoms with Crippen molar-refractivity contribution < 1.29 is 14.4 Å². The van der Waals surface area contributed by atoms with Gasteiger partial charge in [-0.05, 0) is 0 Å². The minimum Gasteiger partial charge on any atom is -0.370 e. The highest BCUT2D eigenvalue weighted by atomic mass is 32.1. The first-order valence-electron chi connectivity index (χ1n) is 3.48. The molecule has 0 aromatic rings. The maximum atomic E-state index is 10.7. The molecule has 6 nitrogen and oxygen atoms in total. The second-order valence-electron chi connectivity index (χ2n) is 2.33. The number of nitrogens with one attached hydrogen (secondary N) is 1. The first-order chi connectivity index (χ1) is 5.97. The number of thiol groups is 1. The van der Waals surface area contributed by atoms with Crippen LogP contribution in [0.1, 0.15) is 6.42 Å². The van der Waals surface area contributed by atoms with Crippen LogP contribution in [0.2, 0.25) is 0 Å². The van der Waals surface area contributed by atoms with Crippen molar-refractivity contribution in [1.29, 1.82) is 0 Å². The van der Waals surface area contributed by atoms with Crippen LogP contribution >= 0.6 is 12.6 Å². The van der Waals surface area contributed by atoms with E-state index in [1.165, 1.54) is 0 Å². The normalized spacial score (nSPS) is 11.8. The Morgan fingerprint density at radius 3 is 2.23 bits per heavy atom. The Morgan fingerprint density at radius 1 is 1.38 bits per heavy atom. The van der Waals surface area contributed by atoms with Crippen molar-refractivity contribution in [2.24, 2.45) is 11.5 Å². The molecule has 13 heavy (non-hydrogen) atoms. The summed E-state index contributed by atoms with van der Waals surface area (Å²) in [4.78, 5) is 31.9. The van der Waals surface area contributed by atoms with Crippen molar-refractivity contribution in [3.05, 3.63) is 0 Å². The fraction of sp³-hybridized carbons (Fsp3) is 0.500. The van der Waals surface area contributed by atoms with E-state index in [9.17, 15) is 14.4 Å². The van der Waals surface area contributed by atoms with Gasteiger partial charge in [0.2, 0.25) is 16.9 Å². The van der Waals surface area contributed by atoms with Gasteiger partial charge in [0, 0.05) is 0 Å². The minimum atomic E-state index is -0.989. The Morgan fingerprint density at radius 2 is 1.92 bits per heavy atom. The van der Waals surface area contributed by atoms with Gasteiger partial charge < -0.3 is 16.8 Å². The number of rotatable bonds is 5. The molecule has 0 saturated heterocycles. The molecule has 0 aliphatic carbocycles. The van der Waals surface area contributed by atoms with E-state index in [1.807, 2.05) is 0 Å². The van der Waals surface area contributed by atoms with E-state index in [0.29, 0.717) is 0 Å². The van der Waals surface area contributed by atoms with Gasteiger partial charge in [0.1, 0.15) is 6.04 Å². The third-order valence-electron chi connectivity index (χ3n) is 1.22. The molecule has 0 aromatic carbocycles. The molecule has 1 atom stereocenters. The lowest BCUT2D eigenvalue weighted by molar-refractivity contribution is -0.125. The lowest BCUT2D eigenvalue weighted by Gasteiger charge is -2.12. The maximum absolute atomic E-state index is 10.7. The molecule has 0 heterocycles.